The number of primary amides is 1. The molecule has 0 aromatic carbocycles. The third kappa shape index (κ3) is 3.98. The SMILES string of the molecule is CCNC1(C(N)=O)CCCC(Sc2cc(C)cc(C)n2)C1. The number of hydrogen-bond donors (Lipinski definition) is 2. The van der Waals surface area contributed by atoms with Crippen molar-refractivity contribution in [3.05, 3.63) is 23.4 Å². The fourth-order valence-corrected chi connectivity index (χ4v) is 4.61. The van der Waals surface area contributed by atoms with E-state index < -0.39 is 5.54 Å². The van der Waals surface area contributed by atoms with Gasteiger partial charge in [0.15, 0.2) is 0 Å². The Morgan fingerprint density at radius 2 is 2.29 bits per heavy atom. The van der Waals surface area contributed by atoms with Crippen LogP contribution in [0.25, 0.3) is 0 Å². The fourth-order valence-electron chi connectivity index (χ4n) is 3.17. The highest BCUT2D eigenvalue weighted by Crippen LogP contribution is 2.38. The zero-order chi connectivity index (χ0) is 15.5. The highest BCUT2D eigenvalue weighted by molar-refractivity contribution is 7.99. The molecule has 0 bridgehead atoms. The molecule has 2 atom stereocenters. The summed E-state index contributed by atoms with van der Waals surface area (Å²) < 4.78 is 0. The van der Waals surface area contributed by atoms with Gasteiger partial charge in [0.1, 0.15) is 0 Å². The van der Waals surface area contributed by atoms with Crippen molar-refractivity contribution in [2.24, 2.45) is 5.73 Å². The van der Waals surface area contributed by atoms with Gasteiger partial charge in [0, 0.05) is 10.9 Å². The summed E-state index contributed by atoms with van der Waals surface area (Å²) in [5.74, 6) is -0.219. The monoisotopic (exact) mass is 307 g/mol. The smallest absolute Gasteiger partial charge is 0.237 e. The number of thioether (sulfide) groups is 1. The summed E-state index contributed by atoms with van der Waals surface area (Å²) in [6.45, 7) is 6.89. The number of likely N-dealkylation sites (N-methyl/N-ethyl adjacent to an activating group) is 1. The summed E-state index contributed by atoms with van der Waals surface area (Å²) in [4.78, 5) is 16.5. The van der Waals surface area contributed by atoms with Crippen molar-refractivity contribution >= 4 is 17.7 Å². The first kappa shape index (κ1) is 16.3. The van der Waals surface area contributed by atoms with E-state index in [0.717, 1.165) is 42.9 Å². The molecule has 116 valence electrons. The lowest BCUT2D eigenvalue weighted by Crippen LogP contribution is -2.58. The molecule has 2 unspecified atom stereocenters. The van der Waals surface area contributed by atoms with Gasteiger partial charge in [0.2, 0.25) is 5.91 Å². The highest BCUT2D eigenvalue weighted by atomic mass is 32.2. The number of nitrogens with one attached hydrogen (secondary N) is 1. The number of nitrogens with zero attached hydrogens (tertiary/aromatic N) is 1. The lowest BCUT2D eigenvalue weighted by atomic mass is 9.80. The molecule has 4 nitrogen and oxygen atoms in total. The van der Waals surface area contributed by atoms with Crippen LogP contribution in [0.3, 0.4) is 0 Å². The Bertz CT molecular complexity index is 496. The minimum atomic E-state index is -0.538. The van der Waals surface area contributed by atoms with Crippen LogP contribution < -0.4 is 11.1 Å². The molecule has 1 aliphatic carbocycles. The van der Waals surface area contributed by atoms with Crippen molar-refractivity contribution in [1.82, 2.24) is 10.3 Å². The van der Waals surface area contributed by atoms with E-state index in [1.165, 1.54) is 5.56 Å². The zero-order valence-corrected chi connectivity index (χ0v) is 13.9. The Morgan fingerprint density at radius 3 is 2.90 bits per heavy atom. The molecule has 1 amide bonds. The summed E-state index contributed by atoms with van der Waals surface area (Å²) in [5, 5.41) is 4.77. The standard InChI is InChI=1S/C16H25N3OS/c1-4-18-16(15(17)20)7-5-6-13(10-16)21-14-9-11(2)8-12(3)19-14/h8-9,13,18H,4-7,10H2,1-3H3,(H2,17,20). The van der Waals surface area contributed by atoms with Gasteiger partial charge in [0.05, 0.1) is 10.6 Å². The maximum Gasteiger partial charge on any atom is 0.237 e. The molecule has 0 saturated heterocycles. The topological polar surface area (TPSA) is 68.0 Å². The molecular formula is C16H25N3OS. The van der Waals surface area contributed by atoms with E-state index in [1.807, 2.05) is 13.8 Å². The van der Waals surface area contributed by atoms with Gasteiger partial charge in [-0.3, -0.25) is 4.79 Å². The Kier molecular flexibility index (Phi) is 5.27. The normalized spacial score (nSPS) is 25.8. The van der Waals surface area contributed by atoms with Crippen molar-refractivity contribution in [3.8, 4) is 0 Å². The van der Waals surface area contributed by atoms with Gasteiger partial charge < -0.3 is 11.1 Å². The number of carbonyl (C=O) groups is 1. The summed E-state index contributed by atoms with van der Waals surface area (Å²) in [6.07, 6.45) is 3.77. The van der Waals surface area contributed by atoms with Crippen LogP contribution in [0.15, 0.2) is 17.2 Å². The minimum Gasteiger partial charge on any atom is -0.368 e. The Labute approximate surface area is 131 Å². The number of pyridine rings is 1. The van der Waals surface area contributed by atoms with Gasteiger partial charge in [-0.25, -0.2) is 4.98 Å². The van der Waals surface area contributed by atoms with Crippen molar-refractivity contribution in [2.45, 2.75) is 62.3 Å². The second kappa shape index (κ2) is 6.79. The first-order valence-corrected chi connectivity index (χ1v) is 8.50. The largest absolute Gasteiger partial charge is 0.368 e. The first-order chi connectivity index (χ1) is 9.95. The molecule has 1 aromatic rings. The minimum absolute atomic E-state index is 0.219. The number of carbonyl (C=O) groups excluding carboxylic acids is 1. The van der Waals surface area contributed by atoms with E-state index in [1.54, 1.807) is 11.8 Å². The number of hydrogen-bond acceptors (Lipinski definition) is 4. The molecule has 1 saturated carbocycles. The van der Waals surface area contributed by atoms with Gasteiger partial charge >= 0.3 is 0 Å². The molecular weight excluding hydrogens is 282 g/mol. The van der Waals surface area contributed by atoms with E-state index in [2.05, 4.69) is 29.4 Å². The summed E-state index contributed by atoms with van der Waals surface area (Å²) in [6, 6.07) is 4.20. The van der Waals surface area contributed by atoms with Gasteiger partial charge in [-0.1, -0.05) is 6.92 Å². The Morgan fingerprint density at radius 1 is 1.52 bits per heavy atom. The van der Waals surface area contributed by atoms with Crippen LogP contribution in [0.2, 0.25) is 0 Å². The second-order valence-corrected chi connectivity index (χ2v) is 7.26. The first-order valence-electron chi connectivity index (χ1n) is 7.62. The predicted octanol–water partition coefficient (Wildman–Crippen LogP) is 2.57. The number of rotatable bonds is 5. The molecule has 1 heterocycles. The van der Waals surface area contributed by atoms with Crippen molar-refractivity contribution < 1.29 is 4.79 Å². The van der Waals surface area contributed by atoms with Crippen molar-refractivity contribution in [3.63, 3.8) is 0 Å². The van der Waals surface area contributed by atoms with Gasteiger partial charge in [0.25, 0.3) is 0 Å². The average molecular weight is 307 g/mol. The van der Waals surface area contributed by atoms with Gasteiger partial charge in [-0.15, -0.1) is 11.8 Å². The van der Waals surface area contributed by atoms with Crippen molar-refractivity contribution in [2.75, 3.05) is 6.54 Å². The van der Waals surface area contributed by atoms with Crippen LogP contribution in [-0.2, 0) is 4.79 Å². The van der Waals surface area contributed by atoms with Gasteiger partial charge in [-0.05, 0) is 63.8 Å². The fraction of sp³-hybridized carbons (Fsp3) is 0.625. The maximum absolute atomic E-state index is 11.9. The van der Waals surface area contributed by atoms with Crippen LogP contribution in [0, 0.1) is 13.8 Å². The highest BCUT2D eigenvalue weighted by Gasteiger charge is 2.41. The van der Waals surface area contributed by atoms with Crippen LogP contribution in [0.1, 0.15) is 43.9 Å². The third-order valence-corrected chi connectivity index (χ3v) is 5.24. The van der Waals surface area contributed by atoms with Crippen LogP contribution in [0.4, 0.5) is 0 Å². The number of aryl methyl sites for hydroxylation is 2. The number of amides is 1. The van der Waals surface area contributed by atoms with Gasteiger partial charge in [-0.2, -0.15) is 0 Å². The van der Waals surface area contributed by atoms with Crippen LogP contribution in [-0.4, -0.2) is 28.2 Å². The number of nitrogens with two attached hydrogens (primary N) is 1. The van der Waals surface area contributed by atoms with Crippen LogP contribution >= 0.6 is 11.8 Å². The Hall–Kier alpha value is -1.07. The van der Waals surface area contributed by atoms with Crippen molar-refractivity contribution in [1.29, 1.82) is 0 Å². The van der Waals surface area contributed by atoms with E-state index in [0.29, 0.717) is 5.25 Å². The molecule has 1 aliphatic rings. The molecule has 0 aliphatic heterocycles. The Balaban J connectivity index is 2.11. The maximum atomic E-state index is 11.9. The molecule has 2 rings (SSSR count). The number of aromatic nitrogens is 1. The lowest BCUT2D eigenvalue weighted by molar-refractivity contribution is -0.125. The summed E-state index contributed by atoms with van der Waals surface area (Å²) >= 11 is 1.78. The quantitative estimate of drug-likeness (QED) is 0.877. The predicted molar refractivity (Wildman–Crippen MR) is 87.4 cm³/mol. The molecule has 21 heavy (non-hydrogen) atoms. The summed E-state index contributed by atoms with van der Waals surface area (Å²) in [5.41, 5.74) is 7.40. The van der Waals surface area contributed by atoms with E-state index >= 15 is 0 Å². The lowest BCUT2D eigenvalue weighted by Gasteiger charge is -2.38. The van der Waals surface area contributed by atoms with Crippen LogP contribution in [0.5, 0.6) is 0 Å². The summed E-state index contributed by atoms with van der Waals surface area (Å²) in [7, 11) is 0. The molecule has 0 radical (unpaired) electrons. The molecule has 1 aromatic heterocycles. The second-order valence-electron chi connectivity index (χ2n) is 5.94. The molecule has 5 heteroatoms. The third-order valence-electron chi connectivity index (χ3n) is 4.05. The average Bonchev–Trinajstić information content (AvgIpc) is 2.37. The van der Waals surface area contributed by atoms with E-state index in [-0.39, 0.29) is 5.91 Å². The molecule has 3 N–H and O–H groups in total. The molecule has 1 fully saturated rings. The molecule has 0 spiro atoms. The van der Waals surface area contributed by atoms with E-state index in [4.69, 9.17) is 5.73 Å². The zero-order valence-electron chi connectivity index (χ0n) is 13.1. The van der Waals surface area contributed by atoms with E-state index in [9.17, 15) is 4.79 Å².